The van der Waals surface area contributed by atoms with Gasteiger partial charge in [0.1, 0.15) is 17.4 Å². The number of rotatable bonds is 4. The topological polar surface area (TPSA) is 76.6 Å². The summed E-state index contributed by atoms with van der Waals surface area (Å²) in [5, 5.41) is 1.11. The maximum absolute atomic E-state index is 12.6. The number of amides is 1. The Kier molecular flexibility index (Phi) is 5.04. The van der Waals surface area contributed by atoms with E-state index in [0.717, 1.165) is 43.6 Å². The highest BCUT2D eigenvalue weighted by Crippen LogP contribution is 2.32. The molecule has 0 aliphatic carbocycles. The van der Waals surface area contributed by atoms with Crippen LogP contribution in [0, 0.1) is 0 Å². The quantitative estimate of drug-likeness (QED) is 0.721. The van der Waals surface area contributed by atoms with E-state index >= 15 is 0 Å². The third kappa shape index (κ3) is 3.50. The molecule has 1 atom stereocenters. The van der Waals surface area contributed by atoms with Crippen molar-refractivity contribution in [1.29, 1.82) is 0 Å². The second kappa shape index (κ2) is 7.99. The van der Waals surface area contributed by atoms with E-state index in [9.17, 15) is 9.59 Å². The average Bonchev–Trinajstić information content (AvgIpc) is 3.44. The number of carbonyl (C=O) groups excluding carboxylic acids is 1. The van der Waals surface area contributed by atoms with E-state index in [-0.39, 0.29) is 23.1 Å². The summed E-state index contributed by atoms with van der Waals surface area (Å²) >= 11 is 0. The molecule has 0 saturated carbocycles. The molecular weight excluding hydrogens is 382 g/mol. The van der Waals surface area contributed by atoms with Gasteiger partial charge in [-0.2, -0.15) is 0 Å². The molecule has 0 spiro atoms. The van der Waals surface area contributed by atoms with Crippen molar-refractivity contribution in [3.05, 3.63) is 64.7 Å². The van der Waals surface area contributed by atoms with E-state index in [4.69, 9.17) is 9.47 Å². The summed E-state index contributed by atoms with van der Waals surface area (Å²) in [4.78, 5) is 28.8. The summed E-state index contributed by atoms with van der Waals surface area (Å²) in [6, 6.07) is 11.9. The smallest absolute Gasteiger partial charge is 0.260 e. The van der Waals surface area contributed by atoms with Crippen LogP contribution in [0.2, 0.25) is 0 Å². The summed E-state index contributed by atoms with van der Waals surface area (Å²) in [6.07, 6.45) is 6.22. The number of hydrogen-bond donors (Lipinski definition) is 1. The van der Waals surface area contributed by atoms with Gasteiger partial charge in [0, 0.05) is 50.3 Å². The van der Waals surface area contributed by atoms with Crippen molar-refractivity contribution in [2.24, 2.45) is 0 Å². The summed E-state index contributed by atoms with van der Waals surface area (Å²) in [5.74, 6) is 0.669. The molecule has 2 aromatic heterocycles. The summed E-state index contributed by atoms with van der Waals surface area (Å²) in [5.41, 5.74) is 1.02. The number of benzene rings is 1. The lowest BCUT2D eigenvalue weighted by Gasteiger charge is -2.32. The van der Waals surface area contributed by atoms with Crippen LogP contribution in [0.3, 0.4) is 0 Å². The molecule has 2 aliphatic rings. The van der Waals surface area contributed by atoms with Gasteiger partial charge in [-0.05, 0) is 36.8 Å². The minimum atomic E-state index is -0.343. The number of hydrogen-bond acceptors (Lipinski definition) is 4. The first-order valence-electron chi connectivity index (χ1n) is 10.5. The molecule has 1 aromatic carbocycles. The lowest BCUT2D eigenvalue weighted by Crippen LogP contribution is -2.43. The van der Waals surface area contributed by atoms with Crippen LogP contribution in [0.15, 0.2) is 53.6 Å². The van der Waals surface area contributed by atoms with Gasteiger partial charge in [-0.3, -0.25) is 9.59 Å². The van der Waals surface area contributed by atoms with Crippen molar-refractivity contribution in [3.63, 3.8) is 0 Å². The van der Waals surface area contributed by atoms with Gasteiger partial charge in [-0.25, -0.2) is 0 Å². The molecule has 30 heavy (non-hydrogen) atoms. The SMILES string of the molecule is O=C(c1ccc[nH]c1=O)N1CCC(Oc2cccc3c2ccn3C2CCOC2)CC1. The molecule has 3 aromatic rings. The van der Waals surface area contributed by atoms with E-state index in [2.05, 4.69) is 27.9 Å². The van der Waals surface area contributed by atoms with Crippen LogP contribution in [0.1, 0.15) is 35.7 Å². The average molecular weight is 407 g/mol. The van der Waals surface area contributed by atoms with Gasteiger partial charge in [-0.1, -0.05) is 6.07 Å². The Morgan fingerprint density at radius 3 is 2.73 bits per heavy atom. The van der Waals surface area contributed by atoms with Gasteiger partial charge in [0.25, 0.3) is 11.5 Å². The molecule has 2 aliphatic heterocycles. The van der Waals surface area contributed by atoms with Crippen LogP contribution in [0.4, 0.5) is 0 Å². The zero-order chi connectivity index (χ0) is 20.5. The van der Waals surface area contributed by atoms with E-state index in [1.165, 1.54) is 11.7 Å². The maximum atomic E-state index is 12.6. The van der Waals surface area contributed by atoms with Gasteiger partial charge in [0.05, 0.1) is 18.2 Å². The predicted molar refractivity (Wildman–Crippen MR) is 113 cm³/mol. The molecular formula is C23H25N3O4. The molecule has 4 heterocycles. The Balaban J connectivity index is 1.27. The monoisotopic (exact) mass is 407 g/mol. The van der Waals surface area contributed by atoms with Crippen molar-refractivity contribution in [1.82, 2.24) is 14.5 Å². The first kappa shape index (κ1) is 18.9. The van der Waals surface area contributed by atoms with Crippen molar-refractivity contribution < 1.29 is 14.3 Å². The fraction of sp³-hybridized carbons (Fsp3) is 0.391. The molecule has 1 amide bonds. The molecule has 7 heteroatoms. The zero-order valence-electron chi connectivity index (χ0n) is 16.8. The van der Waals surface area contributed by atoms with Gasteiger partial charge in [-0.15, -0.1) is 0 Å². The number of carbonyl (C=O) groups is 1. The number of aromatic amines is 1. The fourth-order valence-electron chi connectivity index (χ4n) is 4.44. The zero-order valence-corrected chi connectivity index (χ0v) is 16.8. The summed E-state index contributed by atoms with van der Waals surface area (Å²) in [7, 11) is 0. The molecule has 156 valence electrons. The summed E-state index contributed by atoms with van der Waals surface area (Å²) in [6.45, 7) is 2.72. The second-order valence-electron chi connectivity index (χ2n) is 7.95. The number of H-pyrrole nitrogens is 1. The normalized spacial score (nSPS) is 20.0. The fourth-order valence-corrected chi connectivity index (χ4v) is 4.44. The lowest BCUT2D eigenvalue weighted by molar-refractivity contribution is 0.0596. The van der Waals surface area contributed by atoms with Crippen LogP contribution in [-0.2, 0) is 4.74 Å². The van der Waals surface area contributed by atoms with E-state index in [1.807, 2.05) is 12.1 Å². The minimum Gasteiger partial charge on any atom is -0.490 e. The highest BCUT2D eigenvalue weighted by atomic mass is 16.5. The second-order valence-corrected chi connectivity index (χ2v) is 7.95. The maximum Gasteiger partial charge on any atom is 0.260 e. The predicted octanol–water partition coefficient (Wildman–Crippen LogP) is 2.97. The highest BCUT2D eigenvalue weighted by molar-refractivity contribution is 5.93. The Morgan fingerprint density at radius 2 is 1.97 bits per heavy atom. The lowest BCUT2D eigenvalue weighted by atomic mass is 10.1. The Bertz CT molecular complexity index is 1100. The number of ether oxygens (including phenoxy) is 2. The number of aromatic nitrogens is 2. The van der Waals surface area contributed by atoms with Crippen molar-refractivity contribution in [2.45, 2.75) is 31.4 Å². The first-order valence-corrected chi connectivity index (χ1v) is 10.5. The number of likely N-dealkylation sites (tertiary alicyclic amines) is 1. The number of nitrogens with one attached hydrogen (secondary N) is 1. The molecule has 0 bridgehead atoms. The molecule has 2 fully saturated rings. The minimum absolute atomic E-state index is 0.0480. The molecule has 1 unspecified atom stereocenters. The van der Waals surface area contributed by atoms with Crippen LogP contribution < -0.4 is 10.3 Å². The highest BCUT2D eigenvalue weighted by Gasteiger charge is 2.27. The summed E-state index contributed by atoms with van der Waals surface area (Å²) < 4.78 is 14.2. The molecule has 0 radical (unpaired) electrons. The molecule has 1 N–H and O–H groups in total. The van der Waals surface area contributed by atoms with Crippen LogP contribution >= 0.6 is 0 Å². The number of piperidine rings is 1. The van der Waals surface area contributed by atoms with Crippen LogP contribution in [0.25, 0.3) is 10.9 Å². The van der Waals surface area contributed by atoms with Gasteiger partial charge < -0.3 is 23.9 Å². The van der Waals surface area contributed by atoms with Crippen molar-refractivity contribution >= 4 is 16.8 Å². The Morgan fingerprint density at radius 1 is 1.10 bits per heavy atom. The van der Waals surface area contributed by atoms with Crippen LogP contribution in [-0.4, -0.2) is 52.8 Å². The van der Waals surface area contributed by atoms with Gasteiger partial charge in [0.15, 0.2) is 0 Å². The van der Waals surface area contributed by atoms with E-state index in [0.29, 0.717) is 19.1 Å². The number of pyridine rings is 1. The van der Waals surface area contributed by atoms with E-state index in [1.54, 1.807) is 17.0 Å². The first-order chi connectivity index (χ1) is 14.7. The third-order valence-electron chi connectivity index (χ3n) is 6.09. The largest absolute Gasteiger partial charge is 0.490 e. The van der Waals surface area contributed by atoms with Gasteiger partial charge in [0.2, 0.25) is 0 Å². The molecule has 5 rings (SSSR count). The standard InChI is InChI=1S/C23H25N3O4/c27-22-19(3-2-10-24-22)23(28)25-11-6-17(7-12-25)30-21-5-1-4-20-18(21)8-13-26(20)16-9-14-29-15-16/h1-5,8,10,13,16-17H,6-7,9,11-12,14-15H2,(H,24,27). The third-order valence-corrected chi connectivity index (χ3v) is 6.09. The van der Waals surface area contributed by atoms with E-state index < -0.39 is 0 Å². The number of fused-ring (bicyclic) bond motifs is 1. The Hall–Kier alpha value is -3.06. The van der Waals surface area contributed by atoms with Crippen molar-refractivity contribution in [2.75, 3.05) is 26.3 Å². The van der Waals surface area contributed by atoms with Crippen molar-refractivity contribution in [3.8, 4) is 5.75 Å². The number of nitrogens with zero attached hydrogens (tertiary/aromatic N) is 2. The molecule has 2 saturated heterocycles. The molecule has 7 nitrogen and oxygen atoms in total. The van der Waals surface area contributed by atoms with Crippen LogP contribution in [0.5, 0.6) is 5.75 Å². The van der Waals surface area contributed by atoms with Gasteiger partial charge >= 0.3 is 0 Å². The Labute approximate surface area is 174 Å².